The predicted molar refractivity (Wildman–Crippen MR) is 61.3 cm³/mol. The van der Waals surface area contributed by atoms with Crippen LogP contribution in [0.15, 0.2) is 24.4 Å². The topological polar surface area (TPSA) is 69.1 Å². The van der Waals surface area contributed by atoms with Crippen LogP contribution in [0.1, 0.15) is 19.2 Å². The van der Waals surface area contributed by atoms with Gasteiger partial charge in [0.15, 0.2) is 11.5 Å². The van der Waals surface area contributed by atoms with Crippen molar-refractivity contribution >= 4 is 0 Å². The number of aromatic nitrogens is 2. The molecule has 2 aromatic rings. The van der Waals surface area contributed by atoms with Crippen LogP contribution in [0, 0.1) is 0 Å². The number of phenolic OH excluding ortho intramolecular Hbond substituents is 2. The number of hydrogen-bond acceptors (Lipinski definition) is 3. The molecule has 3 N–H and O–H groups in total. The fourth-order valence-corrected chi connectivity index (χ4v) is 1.56. The van der Waals surface area contributed by atoms with E-state index in [2.05, 4.69) is 16.9 Å². The Hall–Kier alpha value is -1.97. The lowest BCUT2D eigenvalue weighted by Crippen LogP contribution is -1.85. The van der Waals surface area contributed by atoms with Crippen LogP contribution in [-0.4, -0.2) is 20.2 Å². The highest BCUT2D eigenvalue weighted by atomic mass is 16.3. The average Bonchev–Trinajstić information content (AvgIpc) is 2.71. The van der Waals surface area contributed by atoms with Gasteiger partial charge in [-0.2, -0.15) is 0 Å². The molecular formula is C12H14N2O2. The van der Waals surface area contributed by atoms with Crippen molar-refractivity contribution in [3.63, 3.8) is 0 Å². The molecular weight excluding hydrogens is 204 g/mol. The number of nitrogens with zero attached hydrogens (tertiary/aromatic N) is 1. The maximum Gasteiger partial charge on any atom is 0.158 e. The van der Waals surface area contributed by atoms with Crippen molar-refractivity contribution in [1.82, 2.24) is 9.97 Å². The van der Waals surface area contributed by atoms with Gasteiger partial charge >= 0.3 is 0 Å². The molecule has 0 unspecified atom stereocenters. The fraction of sp³-hybridized carbons (Fsp3) is 0.250. The van der Waals surface area contributed by atoms with Crippen molar-refractivity contribution in [2.24, 2.45) is 0 Å². The SMILES string of the molecule is CCCc1ncc(-c2ccc(O)c(O)c2)[nH]1. The summed E-state index contributed by atoms with van der Waals surface area (Å²) in [5.41, 5.74) is 1.66. The highest BCUT2D eigenvalue weighted by Crippen LogP contribution is 2.29. The Kier molecular flexibility index (Phi) is 2.81. The second-order valence-electron chi connectivity index (χ2n) is 3.70. The first-order chi connectivity index (χ1) is 7.70. The van der Waals surface area contributed by atoms with E-state index in [-0.39, 0.29) is 11.5 Å². The zero-order chi connectivity index (χ0) is 11.5. The summed E-state index contributed by atoms with van der Waals surface area (Å²) < 4.78 is 0. The zero-order valence-electron chi connectivity index (χ0n) is 9.07. The van der Waals surface area contributed by atoms with Gasteiger partial charge in [-0.05, 0) is 24.6 Å². The van der Waals surface area contributed by atoms with E-state index in [1.165, 1.54) is 12.1 Å². The number of nitrogens with one attached hydrogen (secondary N) is 1. The summed E-state index contributed by atoms with van der Waals surface area (Å²) in [6, 6.07) is 4.71. The molecule has 16 heavy (non-hydrogen) atoms. The molecule has 0 bridgehead atoms. The van der Waals surface area contributed by atoms with Crippen LogP contribution in [0.5, 0.6) is 11.5 Å². The number of H-pyrrole nitrogens is 1. The normalized spacial score (nSPS) is 10.6. The van der Waals surface area contributed by atoms with Crippen molar-refractivity contribution in [3.05, 3.63) is 30.2 Å². The second kappa shape index (κ2) is 4.26. The molecule has 0 atom stereocenters. The summed E-state index contributed by atoms with van der Waals surface area (Å²) in [5.74, 6) is 0.700. The third kappa shape index (κ3) is 2.00. The fourth-order valence-electron chi connectivity index (χ4n) is 1.56. The lowest BCUT2D eigenvalue weighted by Gasteiger charge is -2.00. The van der Waals surface area contributed by atoms with Crippen LogP contribution in [0.25, 0.3) is 11.3 Å². The molecule has 0 aliphatic heterocycles. The van der Waals surface area contributed by atoms with Gasteiger partial charge in [-0.3, -0.25) is 0 Å². The predicted octanol–water partition coefficient (Wildman–Crippen LogP) is 2.44. The summed E-state index contributed by atoms with van der Waals surface area (Å²) >= 11 is 0. The van der Waals surface area contributed by atoms with Gasteiger partial charge in [0, 0.05) is 12.0 Å². The molecule has 0 aliphatic rings. The molecule has 1 heterocycles. The van der Waals surface area contributed by atoms with E-state index in [1.807, 2.05) is 0 Å². The van der Waals surface area contributed by atoms with Crippen LogP contribution in [0.2, 0.25) is 0 Å². The molecule has 4 nitrogen and oxygen atoms in total. The first kappa shape index (κ1) is 10.5. The molecule has 0 fully saturated rings. The van der Waals surface area contributed by atoms with Crippen molar-refractivity contribution in [1.29, 1.82) is 0 Å². The first-order valence-corrected chi connectivity index (χ1v) is 5.27. The minimum Gasteiger partial charge on any atom is -0.504 e. The van der Waals surface area contributed by atoms with Gasteiger partial charge in [0.25, 0.3) is 0 Å². The largest absolute Gasteiger partial charge is 0.504 e. The molecule has 0 spiro atoms. The molecule has 0 amide bonds. The van der Waals surface area contributed by atoms with E-state index in [0.29, 0.717) is 0 Å². The molecule has 1 aromatic heterocycles. The number of phenols is 2. The van der Waals surface area contributed by atoms with Gasteiger partial charge in [0.1, 0.15) is 5.82 Å². The van der Waals surface area contributed by atoms with E-state index in [9.17, 15) is 10.2 Å². The molecule has 0 saturated carbocycles. The molecule has 0 aliphatic carbocycles. The molecule has 0 radical (unpaired) electrons. The zero-order valence-corrected chi connectivity index (χ0v) is 9.07. The Morgan fingerprint density at radius 1 is 1.25 bits per heavy atom. The van der Waals surface area contributed by atoms with Gasteiger partial charge in [-0.25, -0.2) is 4.98 Å². The maximum atomic E-state index is 9.39. The lowest BCUT2D eigenvalue weighted by atomic mass is 10.1. The number of aromatic amines is 1. The Bertz CT molecular complexity index is 492. The minimum atomic E-state index is -0.121. The van der Waals surface area contributed by atoms with Crippen LogP contribution in [0.4, 0.5) is 0 Å². The summed E-state index contributed by atoms with van der Waals surface area (Å²) in [4.78, 5) is 7.41. The first-order valence-electron chi connectivity index (χ1n) is 5.27. The minimum absolute atomic E-state index is 0.114. The van der Waals surface area contributed by atoms with Crippen LogP contribution in [-0.2, 0) is 6.42 Å². The monoisotopic (exact) mass is 218 g/mol. The highest BCUT2D eigenvalue weighted by molar-refractivity contribution is 5.62. The van der Waals surface area contributed by atoms with Gasteiger partial charge in [0.2, 0.25) is 0 Å². The van der Waals surface area contributed by atoms with Crippen LogP contribution >= 0.6 is 0 Å². The molecule has 0 saturated heterocycles. The average molecular weight is 218 g/mol. The van der Waals surface area contributed by atoms with Crippen molar-refractivity contribution in [2.45, 2.75) is 19.8 Å². The van der Waals surface area contributed by atoms with E-state index in [0.717, 1.165) is 29.9 Å². The molecule has 4 heteroatoms. The van der Waals surface area contributed by atoms with E-state index < -0.39 is 0 Å². The van der Waals surface area contributed by atoms with E-state index in [4.69, 9.17) is 0 Å². The number of aryl methyl sites for hydroxylation is 1. The summed E-state index contributed by atoms with van der Waals surface area (Å²) in [6.45, 7) is 2.09. The summed E-state index contributed by atoms with van der Waals surface area (Å²) in [7, 11) is 0. The van der Waals surface area contributed by atoms with E-state index in [1.54, 1.807) is 12.3 Å². The van der Waals surface area contributed by atoms with Crippen LogP contribution < -0.4 is 0 Å². The summed E-state index contributed by atoms with van der Waals surface area (Å²) in [6.07, 6.45) is 3.68. The quantitative estimate of drug-likeness (QED) is 0.693. The summed E-state index contributed by atoms with van der Waals surface area (Å²) in [5, 5.41) is 18.6. The number of imidazole rings is 1. The van der Waals surface area contributed by atoms with Crippen molar-refractivity contribution in [3.8, 4) is 22.8 Å². The third-order valence-electron chi connectivity index (χ3n) is 2.40. The van der Waals surface area contributed by atoms with Gasteiger partial charge in [0.05, 0.1) is 11.9 Å². The Morgan fingerprint density at radius 3 is 2.75 bits per heavy atom. The molecule has 84 valence electrons. The number of rotatable bonds is 3. The molecule has 1 aromatic carbocycles. The Balaban J connectivity index is 2.31. The number of benzene rings is 1. The number of hydrogen-bond donors (Lipinski definition) is 3. The van der Waals surface area contributed by atoms with Crippen LogP contribution in [0.3, 0.4) is 0 Å². The van der Waals surface area contributed by atoms with Crippen molar-refractivity contribution < 1.29 is 10.2 Å². The standard InChI is InChI=1S/C12H14N2O2/c1-2-3-12-13-7-9(14-12)8-4-5-10(15)11(16)6-8/h4-7,15-16H,2-3H2,1H3,(H,13,14). The third-order valence-corrected chi connectivity index (χ3v) is 2.40. The van der Waals surface area contributed by atoms with Gasteiger partial charge < -0.3 is 15.2 Å². The van der Waals surface area contributed by atoms with Crippen molar-refractivity contribution in [2.75, 3.05) is 0 Å². The lowest BCUT2D eigenvalue weighted by molar-refractivity contribution is 0.404. The van der Waals surface area contributed by atoms with Gasteiger partial charge in [-0.15, -0.1) is 0 Å². The Morgan fingerprint density at radius 2 is 2.06 bits per heavy atom. The number of aromatic hydroxyl groups is 2. The Labute approximate surface area is 93.6 Å². The maximum absolute atomic E-state index is 9.39. The second-order valence-corrected chi connectivity index (χ2v) is 3.70. The van der Waals surface area contributed by atoms with E-state index >= 15 is 0 Å². The smallest absolute Gasteiger partial charge is 0.158 e. The van der Waals surface area contributed by atoms with Gasteiger partial charge in [-0.1, -0.05) is 6.92 Å². The highest BCUT2D eigenvalue weighted by Gasteiger charge is 2.05. The molecule has 2 rings (SSSR count).